The van der Waals surface area contributed by atoms with E-state index in [0.717, 1.165) is 0 Å². The van der Waals surface area contributed by atoms with Gasteiger partial charge in [-0.2, -0.15) is 14.6 Å². The second-order valence-corrected chi connectivity index (χ2v) is 4.84. The maximum atomic E-state index is 13.3. The van der Waals surface area contributed by atoms with E-state index >= 15 is 0 Å². The van der Waals surface area contributed by atoms with Crippen LogP contribution in [-0.4, -0.2) is 17.3 Å². The Morgan fingerprint density at radius 1 is 1.44 bits per heavy atom. The third-order valence-electron chi connectivity index (χ3n) is 2.59. The molecule has 0 saturated heterocycles. The number of pyridine rings is 1. The van der Waals surface area contributed by atoms with Crippen molar-refractivity contribution < 1.29 is 9.13 Å². The van der Waals surface area contributed by atoms with Gasteiger partial charge >= 0.3 is 0 Å². The molecule has 0 atom stereocenters. The molecule has 18 heavy (non-hydrogen) atoms. The molecule has 1 aromatic heterocycles. The fraction of sp³-hybridized carbons (Fsp3) is 0.417. The molecule has 0 N–H and O–H groups in total. The maximum absolute atomic E-state index is 13.3. The monoisotopic (exact) mass is 311 g/mol. The summed E-state index contributed by atoms with van der Waals surface area (Å²) in [6, 6.07) is 1.54. The fourth-order valence-electron chi connectivity index (χ4n) is 1.50. The van der Waals surface area contributed by atoms with Gasteiger partial charge in [0.1, 0.15) is 0 Å². The van der Waals surface area contributed by atoms with Crippen LogP contribution >= 0.6 is 15.9 Å². The van der Waals surface area contributed by atoms with E-state index in [0.29, 0.717) is 30.3 Å². The highest BCUT2D eigenvalue weighted by atomic mass is 79.9. The number of nitrogens with zero attached hydrogens (tertiary/aromatic N) is 3. The van der Waals surface area contributed by atoms with Gasteiger partial charge in [0.25, 0.3) is 5.95 Å². The molecule has 0 fully saturated rings. The van der Waals surface area contributed by atoms with Gasteiger partial charge in [-0.25, -0.2) is 4.98 Å². The second kappa shape index (κ2) is 5.44. The zero-order valence-corrected chi connectivity index (χ0v) is 11.2. The summed E-state index contributed by atoms with van der Waals surface area (Å²) in [5.41, 5.74) is -0.401. The summed E-state index contributed by atoms with van der Waals surface area (Å²) in [7, 11) is 0. The lowest BCUT2D eigenvalue weighted by Gasteiger charge is -2.10. The van der Waals surface area contributed by atoms with Crippen molar-refractivity contribution in [1.29, 1.82) is 0 Å². The molecule has 1 aromatic rings. The van der Waals surface area contributed by atoms with Gasteiger partial charge in [-0.3, -0.25) is 0 Å². The average Bonchev–Trinajstić information content (AvgIpc) is 3.12. The summed E-state index contributed by atoms with van der Waals surface area (Å²) in [6.07, 6.45) is 8.51. The number of halogens is 2. The molecule has 0 aromatic carbocycles. The molecule has 0 aliphatic carbocycles. The van der Waals surface area contributed by atoms with E-state index in [1.807, 2.05) is 0 Å². The van der Waals surface area contributed by atoms with Crippen LogP contribution in [0, 0.1) is 18.3 Å². The fourth-order valence-corrected chi connectivity index (χ4v) is 1.81. The van der Waals surface area contributed by atoms with Gasteiger partial charge in [0.05, 0.1) is 6.61 Å². The first-order valence-corrected chi connectivity index (χ1v) is 6.26. The van der Waals surface area contributed by atoms with Crippen LogP contribution < -0.4 is 4.74 Å². The second-order valence-electron chi connectivity index (χ2n) is 3.93. The van der Waals surface area contributed by atoms with E-state index in [4.69, 9.17) is 11.2 Å². The van der Waals surface area contributed by atoms with E-state index in [1.165, 1.54) is 12.3 Å². The van der Waals surface area contributed by atoms with Crippen molar-refractivity contribution in [3.8, 4) is 18.1 Å². The van der Waals surface area contributed by atoms with Crippen LogP contribution in [0.3, 0.4) is 0 Å². The molecule has 0 saturated carbocycles. The quantitative estimate of drug-likeness (QED) is 0.597. The van der Waals surface area contributed by atoms with E-state index < -0.39 is 11.6 Å². The Labute approximate surface area is 113 Å². The van der Waals surface area contributed by atoms with Crippen molar-refractivity contribution in [2.75, 3.05) is 6.61 Å². The number of hydrogen-bond acceptors (Lipinski definition) is 4. The van der Waals surface area contributed by atoms with Crippen LogP contribution in [0.2, 0.25) is 0 Å². The Kier molecular flexibility index (Phi) is 3.92. The third-order valence-corrected chi connectivity index (χ3v) is 3.02. The van der Waals surface area contributed by atoms with Crippen molar-refractivity contribution in [1.82, 2.24) is 4.98 Å². The van der Waals surface area contributed by atoms with E-state index in [-0.39, 0.29) is 5.75 Å². The molecule has 0 radical (unpaired) electrons. The van der Waals surface area contributed by atoms with Crippen molar-refractivity contribution in [2.45, 2.75) is 24.9 Å². The molecule has 4 nitrogen and oxygen atoms in total. The highest BCUT2D eigenvalue weighted by Gasteiger charge is 2.38. The molecule has 1 aliphatic heterocycles. The first-order chi connectivity index (χ1) is 8.65. The standard InChI is InChI=1S/C12H11BrFN3O/c1-2-3-4-12(16-17-12)5-6-18-10-7-9(13)8-15-11(10)14/h1,7-8H,3-6H2. The predicted octanol–water partition coefficient (Wildman–Crippen LogP) is 3.33. The Hall–Kier alpha value is -1.48. The highest BCUT2D eigenvalue weighted by Crippen LogP contribution is 2.36. The van der Waals surface area contributed by atoms with Gasteiger partial charge in [0.2, 0.25) is 0 Å². The molecular weight excluding hydrogens is 301 g/mol. The highest BCUT2D eigenvalue weighted by molar-refractivity contribution is 9.10. The normalized spacial score (nSPS) is 15.2. The minimum absolute atomic E-state index is 0.122. The zero-order valence-electron chi connectivity index (χ0n) is 9.57. The summed E-state index contributed by atoms with van der Waals surface area (Å²) < 4.78 is 19.3. The summed E-state index contributed by atoms with van der Waals surface area (Å²) >= 11 is 3.21. The predicted molar refractivity (Wildman–Crippen MR) is 67.7 cm³/mol. The van der Waals surface area contributed by atoms with Gasteiger partial charge in [0.15, 0.2) is 11.4 Å². The van der Waals surface area contributed by atoms with Crippen molar-refractivity contribution in [2.24, 2.45) is 10.2 Å². The minimum atomic E-state index is -0.624. The van der Waals surface area contributed by atoms with Crippen LogP contribution in [-0.2, 0) is 0 Å². The molecule has 0 spiro atoms. The smallest absolute Gasteiger partial charge is 0.255 e. The van der Waals surface area contributed by atoms with E-state index in [9.17, 15) is 4.39 Å². The molecular formula is C12H11BrFN3O. The Balaban J connectivity index is 1.82. The van der Waals surface area contributed by atoms with Crippen LogP contribution in [0.25, 0.3) is 0 Å². The van der Waals surface area contributed by atoms with Gasteiger partial charge in [0, 0.05) is 36.0 Å². The summed E-state index contributed by atoms with van der Waals surface area (Å²) in [4.78, 5) is 3.55. The molecule has 0 unspecified atom stereocenters. The summed E-state index contributed by atoms with van der Waals surface area (Å²) in [6.45, 7) is 0.326. The van der Waals surface area contributed by atoms with Crippen LogP contribution in [0.1, 0.15) is 19.3 Å². The molecule has 0 amide bonds. The van der Waals surface area contributed by atoms with Crippen LogP contribution in [0.4, 0.5) is 4.39 Å². The molecule has 1 aliphatic rings. The molecule has 94 valence electrons. The number of terminal acetylenes is 1. The Morgan fingerprint density at radius 3 is 2.89 bits per heavy atom. The lowest BCUT2D eigenvalue weighted by molar-refractivity contribution is 0.268. The van der Waals surface area contributed by atoms with Gasteiger partial charge < -0.3 is 4.74 Å². The van der Waals surface area contributed by atoms with E-state index in [1.54, 1.807) is 0 Å². The largest absolute Gasteiger partial charge is 0.489 e. The number of ether oxygens (including phenoxy) is 1. The summed E-state index contributed by atoms with van der Waals surface area (Å²) in [5.74, 6) is 2.05. The molecule has 6 heteroatoms. The topological polar surface area (TPSA) is 46.8 Å². The number of hydrogen-bond donors (Lipinski definition) is 0. The van der Waals surface area contributed by atoms with Crippen LogP contribution in [0.5, 0.6) is 5.75 Å². The maximum Gasteiger partial charge on any atom is 0.255 e. The van der Waals surface area contributed by atoms with Gasteiger partial charge in [-0.1, -0.05) is 0 Å². The first kappa shape index (κ1) is 13.0. The van der Waals surface area contributed by atoms with E-state index in [2.05, 4.69) is 37.1 Å². The molecule has 2 heterocycles. The third kappa shape index (κ3) is 3.26. The zero-order chi connectivity index (χ0) is 13.0. The van der Waals surface area contributed by atoms with Gasteiger partial charge in [-0.15, -0.1) is 12.3 Å². The van der Waals surface area contributed by atoms with Crippen molar-refractivity contribution in [3.63, 3.8) is 0 Å². The number of rotatable bonds is 6. The minimum Gasteiger partial charge on any atom is -0.489 e. The average molecular weight is 312 g/mol. The lowest BCUT2D eigenvalue weighted by atomic mass is 10.1. The molecule has 2 rings (SSSR count). The Bertz CT molecular complexity index is 507. The van der Waals surface area contributed by atoms with Crippen LogP contribution in [0.15, 0.2) is 27.0 Å². The molecule has 0 bridgehead atoms. The number of aromatic nitrogens is 1. The summed E-state index contributed by atoms with van der Waals surface area (Å²) in [5, 5.41) is 7.95. The lowest BCUT2D eigenvalue weighted by Crippen LogP contribution is -2.15. The van der Waals surface area contributed by atoms with Crippen molar-refractivity contribution in [3.05, 3.63) is 22.7 Å². The Morgan fingerprint density at radius 2 is 2.22 bits per heavy atom. The first-order valence-electron chi connectivity index (χ1n) is 5.47. The SMILES string of the molecule is C#CCCC1(CCOc2cc(Br)cnc2F)N=N1. The van der Waals surface area contributed by atoms with Crippen molar-refractivity contribution >= 4 is 15.9 Å². The van der Waals surface area contributed by atoms with Gasteiger partial charge in [-0.05, 0) is 15.9 Å².